The summed E-state index contributed by atoms with van der Waals surface area (Å²) in [6, 6.07) is 4.02. The number of nitrogens with one attached hydrogen (secondary N) is 1. The molecule has 0 aliphatic carbocycles. The van der Waals surface area contributed by atoms with Gasteiger partial charge in [0.2, 0.25) is 0 Å². The van der Waals surface area contributed by atoms with Crippen LogP contribution >= 0.6 is 0 Å². The molecule has 1 aromatic carbocycles. The van der Waals surface area contributed by atoms with Crippen molar-refractivity contribution >= 4 is 0 Å². The van der Waals surface area contributed by atoms with Gasteiger partial charge in [-0.25, -0.2) is 0 Å². The van der Waals surface area contributed by atoms with Crippen molar-refractivity contribution in [1.82, 2.24) is 5.32 Å². The summed E-state index contributed by atoms with van der Waals surface area (Å²) < 4.78 is 5.30. The van der Waals surface area contributed by atoms with Crippen LogP contribution in [0.4, 0.5) is 0 Å². The van der Waals surface area contributed by atoms with Crippen molar-refractivity contribution in [2.45, 2.75) is 39.7 Å². The SMILES string of the molecule is CCNCCC(C)(O)c1cc(C)c(OC)cc1C. The number of rotatable bonds is 6. The summed E-state index contributed by atoms with van der Waals surface area (Å²) in [7, 11) is 1.67. The third-order valence-corrected chi connectivity index (χ3v) is 3.36. The molecule has 0 radical (unpaired) electrons. The Bertz CT molecular complexity index is 400. The molecule has 0 fully saturated rings. The lowest BCUT2D eigenvalue weighted by molar-refractivity contribution is 0.0474. The number of aliphatic hydroxyl groups is 1. The first-order valence-electron chi connectivity index (χ1n) is 6.51. The molecule has 0 spiro atoms. The van der Waals surface area contributed by atoms with E-state index < -0.39 is 5.60 Å². The van der Waals surface area contributed by atoms with Crippen molar-refractivity contribution < 1.29 is 9.84 Å². The Morgan fingerprint density at radius 2 is 1.94 bits per heavy atom. The first-order valence-corrected chi connectivity index (χ1v) is 6.51. The zero-order valence-corrected chi connectivity index (χ0v) is 12.1. The summed E-state index contributed by atoms with van der Waals surface area (Å²) in [4.78, 5) is 0. The van der Waals surface area contributed by atoms with Gasteiger partial charge < -0.3 is 15.2 Å². The Hall–Kier alpha value is -1.06. The minimum atomic E-state index is -0.802. The van der Waals surface area contributed by atoms with Gasteiger partial charge in [-0.1, -0.05) is 6.92 Å². The zero-order chi connectivity index (χ0) is 13.8. The highest BCUT2D eigenvalue weighted by atomic mass is 16.5. The van der Waals surface area contributed by atoms with Gasteiger partial charge >= 0.3 is 0 Å². The summed E-state index contributed by atoms with van der Waals surface area (Å²) >= 11 is 0. The third kappa shape index (κ3) is 3.47. The lowest BCUT2D eigenvalue weighted by Crippen LogP contribution is -2.28. The van der Waals surface area contributed by atoms with E-state index in [0.717, 1.165) is 35.5 Å². The molecule has 1 aromatic rings. The van der Waals surface area contributed by atoms with Gasteiger partial charge in [-0.2, -0.15) is 0 Å². The van der Waals surface area contributed by atoms with Crippen molar-refractivity contribution in [2.75, 3.05) is 20.2 Å². The van der Waals surface area contributed by atoms with E-state index in [1.165, 1.54) is 0 Å². The molecule has 0 saturated heterocycles. The maximum atomic E-state index is 10.6. The second-order valence-electron chi connectivity index (χ2n) is 5.01. The Morgan fingerprint density at radius 3 is 2.50 bits per heavy atom. The molecule has 0 bridgehead atoms. The van der Waals surface area contributed by atoms with Gasteiger partial charge in [0.25, 0.3) is 0 Å². The number of benzene rings is 1. The predicted octanol–water partition coefficient (Wildman–Crippen LogP) is 2.52. The molecular weight excluding hydrogens is 226 g/mol. The van der Waals surface area contributed by atoms with Crippen LogP contribution in [-0.2, 0) is 5.60 Å². The zero-order valence-electron chi connectivity index (χ0n) is 12.1. The molecule has 3 heteroatoms. The average molecular weight is 251 g/mol. The van der Waals surface area contributed by atoms with Gasteiger partial charge in [-0.15, -0.1) is 0 Å². The van der Waals surface area contributed by atoms with Gasteiger partial charge in [-0.3, -0.25) is 0 Å². The summed E-state index contributed by atoms with van der Waals surface area (Å²) in [5.41, 5.74) is 2.31. The van der Waals surface area contributed by atoms with Crippen molar-refractivity contribution in [1.29, 1.82) is 0 Å². The van der Waals surface area contributed by atoms with E-state index in [1.807, 2.05) is 32.9 Å². The molecule has 0 amide bonds. The Morgan fingerprint density at radius 1 is 1.28 bits per heavy atom. The maximum absolute atomic E-state index is 10.6. The van der Waals surface area contributed by atoms with Crippen LogP contribution in [0.1, 0.15) is 37.0 Å². The van der Waals surface area contributed by atoms with Gasteiger partial charge in [0.05, 0.1) is 12.7 Å². The number of aryl methyl sites for hydroxylation is 2. The summed E-state index contributed by atoms with van der Waals surface area (Å²) in [6.07, 6.45) is 0.702. The molecule has 0 heterocycles. The van der Waals surface area contributed by atoms with Crippen LogP contribution in [0.3, 0.4) is 0 Å². The van der Waals surface area contributed by atoms with Gasteiger partial charge in [-0.05, 0) is 69.1 Å². The average Bonchev–Trinajstić information content (AvgIpc) is 2.31. The quantitative estimate of drug-likeness (QED) is 0.763. The normalized spacial score (nSPS) is 14.3. The minimum Gasteiger partial charge on any atom is -0.496 e. The number of hydrogen-bond donors (Lipinski definition) is 2. The molecule has 102 valence electrons. The van der Waals surface area contributed by atoms with E-state index in [2.05, 4.69) is 12.2 Å². The lowest BCUT2D eigenvalue weighted by atomic mass is 9.87. The number of methoxy groups -OCH3 is 1. The Labute approximate surface area is 110 Å². The van der Waals surface area contributed by atoms with Gasteiger partial charge in [0.1, 0.15) is 5.75 Å². The van der Waals surface area contributed by atoms with Gasteiger partial charge in [0, 0.05) is 0 Å². The number of hydrogen-bond acceptors (Lipinski definition) is 3. The summed E-state index contributed by atoms with van der Waals surface area (Å²) in [5, 5.41) is 13.8. The third-order valence-electron chi connectivity index (χ3n) is 3.36. The Kier molecular flexibility index (Phi) is 5.17. The highest BCUT2D eigenvalue weighted by Gasteiger charge is 2.25. The van der Waals surface area contributed by atoms with Crippen LogP contribution in [0.5, 0.6) is 5.75 Å². The van der Waals surface area contributed by atoms with Crippen LogP contribution in [0, 0.1) is 13.8 Å². The topological polar surface area (TPSA) is 41.5 Å². The highest BCUT2D eigenvalue weighted by Crippen LogP contribution is 2.31. The van der Waals surface area contributed by atoms with Crippen LogP contribution in [-0.4, -0.2) is 25.3 Å². The van der Waals surface area contributed by atoms with Gasteiger partial charge in [0.15, 0.2) is 0 Å². The van der Waals surface area contributed by atoms with E-state index in [4.69, 9.17) is 4.74 Å². The smallest absolute Gasteiger partial charge is 0.122 e. The van der Waals surface area contributed by atoms with E-state index in [1.54, 1.807) is 7.11 Å². The standard InChI is InChI=1S/C15H25NO2/c1-6-16-8-7-15(4,17)13-9-12(3)14(18-5)10-11(13)2/h9-10,16-17H,6-8H2,1-5H3. The molecule has 1 atom stereocenters. The van der Waals surface area contributed by atoms with Crippen molar-refractivity contribution in [3.05, 3.63) is 28.8 Å². The fourth-order valence-electron chi connectivity index (χ4n) is 2.23. The van der Waals surface area contributed by atoms with Crippen molar-refractivity contribution in [3.8, 4) is 5.75 Å². The summed E-state index contributed by atoms with van der Waals surface area (Å²) in [5.74, 6) is 0.874. The van der Waals surface area contributed by atoms with E-state index in [-0.39, 0.29) is 0 Å². The lowest BCUT2D eigenvalue weighted by Gasteiger charge is -2.27. The molecule has 2 N–H and O–H groups in total. The van der Waals surface area contributed by atoms with Crippen LogP contribution < -0.4 is 10.1 Å². The highest BCUT2D eigenvalue weighted by molar-refractivity contribution is 5.43. The molecule has 0 aliphatic rings. The largest absolute Gasteiger partial charge is 0.496 e. The van der Waals surface area contributed by atoms with E-state index in [9.17, 15) is 5.11 Å². The molecule has 18 heavy (non-hydrogen) atoms. The Balaban J connectivity index is 2.97. The molecule has 0 aliphatic heterocycles. The molecule has 0 aromatic heterocycles. The van der Waals surface area contributed by atoms with Crippen molar-refractivity contribution in [3.63, 3.8) is 0 Å². The molecule has 0 saturated carbocycles. The molecule has 1 unspecified atom stereocenters. The van der Waals surface area contributed by atoms with E-state index in [0.29, 0.717) is 6.42 Å². The number of ether oxygens (including phenoxy) is 1. The first kappa shape index (κ1) is 15.0. The van der Waals surface area contributed by atoms with Crippen LogP contribution in [0.25, 0.3) is 0 Å². The molecular formula is C15H25NO2. The maximum Gasteiger partial charge on any atom is 0.122 e. The molecule has 1 rings (SSSR count). The predicted molar refractivity (Wildman–Crippen MR) is 75.2 cm³/mol. The van der Waals surface area contributed by atoms with Crippen LogP contribution in [0.15, 0.2) is 12.1 Å². The fourth-order valence-corrected chi connectivity index (χ4v) is 2.23. The van der Waals surface area contributed by atoms with Crippen molar-refractivity contribution in [2.24, 2.45) is 0 Å². The van der Waals surface area contributed by atoms with Crippen LogP contribution in [0.2, 0.25) is 0 Å². The van der Waals surface area contributed by atoms with E-state index >= 15 is 0 Å². The minimum absolute atomic E-state index is 0.702. The second-order valence-corrected chi connectivity index (χ2v) is 5.01. The fraction of sp³-hybridized carbons (Fsp3) is 0.600. The molecule has 3 nitrogen and oxygen atoms in total. The second kappa shape index (κ2) is 6.21. The monoisotopic (exact) mass is 251 g/mol. The first-order chi connectivity index (χ1) is 8.42. The summed E-state index contributed by atoms with van der Waals surface area (Å²) in [6.45, 7) is 9.70.